The van der Waals surface area contributed by atoms with Crippen LogP contribution in [0.5, 0.6) is 0 Å². The number of amides is 1. The highest BCUT2D eigenvalue weighted by atomic mass is 79.9. The highest BCUT2D eigenvalue weighted by Gasteiger charge is 2.09. The van der Waals surface area contributed by atoms with Gasteiger partial charge in [0.25, 0.3) is 0 Å². The van der Waals surface area contributed by atoms with Crippen molar-refractivity contribution in [1.29, 1.82) is 0 Å². The minimum absolute atomic E-state index is 0.0184. The molecule has 0 fully saturated rings. The molecule has 3 N–H and O–H groups in total. The van der Waals surface area contributed by atoms with E-state index in [9.17, 15) is 4.79 Å². The van der Waals surface area contributed by atoms with E-state index in [2.05, 4.69) is 26.6 Å². The molecular formula is C14H21BrN2O2. The molecule has 0 saturated carbocycles. The molecule has 1 rings (SSSR count). The molecule has 5 heteroatoms. The van der Waals surface area contributed by atoms with Crippen molar-refractivity contribution in [2.24, 2.45) is 0 Å². The predicted molar refractivity (Wildman–Crippen MR) is 81.2 cm³/mol. The second-order valence-electron chi connectivity index (χ2n) is 4.76. The first-order valence-corrected chi connectivity index (χ1v) is 7.23. The normalized spacial score (nSPS) is 13.9. The molecule has 1 aromatic carbocycles. The number of halogens is 1. The van der Waals surface area contributed by atoms with E-state index in [-0.39, 0.29) is 18.1 Å². The summed E-state index contributed by atoms with van der Waals surface area (Å²) in [6.45, 7) is 4.43. The van der Waals surface area contributed by atoms with Crippen LogP contribution in [0.4, 0.5) is 5.69 Å². The molecule has 2 atom stereocenters. The number of anilines is 1. The lowest BCUT2D eigenvalue weighted by molar-refractivity contribution is -0.116. The van der Waals surface area contributed by atoms with E-state index in [0.717, 1.165) is 10.2 Å². The van der Waals surface area contributed by atoms with Crippen molar-refractivity contribution < 1.29 is 9.90 Å². The fourth-order valence-corrected chi connectivity index (χ4v) is 2.07. The molecule has 1 aromatic rings. The van der Waals surface area contributed by atoms with E-state index in [1.807, 2.05) is 31.2 Å². The molecule has 0 heterocycles. The van der Waals surface area contributed by atoms with Gasteiger partial charge in [-0.25, -0.2) is 0 Å². The van der Waals surface area contributed by atoms with Crippen molar-refractivity contribution in [3.05, 3.63) is 28.7 Å². The lowest BCUT2D eigenvalue weighted by Gasteiger charge is -2.14. The molecule has 19 heavy (non-hydrogen) atoms. The number of carbonyl (C=O) groups is 1. The number of rotatable bonds is 7. The Labute approximate surface area is 122 Å². The summed E-state index contributed by atoms with van der Waals surface area (Å²) in [6, 6.07) is 7.60. The highest BCUT2D eigenvalue weighted by molar-refractivity contribution is 9.10. The minimum Gasteiger partial charge on any atom is -0.393 e. The zero-order chi connectivity index (χ0) is 14.3. The third-order valence-electron chi connectivity index (χ3n) is 2.65. The van der Waals surface area contributed by atoms with E-state index in [0.29, 0.717) is 19.4 Å². The predicted octanol–water partition coefficient (Wildman–Crippen LogP) is 2.53. The van der Waals surface area contributed by atoms with E-state index in [4.69, 9.17) is 5.11 Å². The molecule has 0 saturated heterocycles. The molecule has 0 spiro atoms. The maximum absolute atomic E-state index is 11.8. The summed E-state index contributed by atoms with van der Waals surface area (Å²) in [5.74, 6) is -0.0184. The Hall–Kier alpha value is -0.910. The van der Waals surface area contributed by atoms with Crippen molar-refractivity contribution in [3.8, 4) is 0 Å². The Morgan fingerprint density at radius 2 is 2.16 bits per heavy atom. The molecule has 0 aliphatic carbocycles. The second kappa shape index (κ2) is 8.30. The van der Waals surface area contributed by atoms with Crippen LogP contribution in [0.1, 0.15) is 26.7 Å². The first kappa shape index (κ1) is 16.1. The van der Waals surface area contributed by atoms with Gasteiger partial charge in [-0.15, -0.1) is 0 Å². The quantitative estimate of drug-likeness (QED) is 0.720. The highest BCUT2D eigenvalue weighted by Crippen LogP contribution is 2.15. The van der Waals surface area contributed by atoms with Crippen LogP contribution in [0.2, 0.25) is 0 Å². The average Bonchev–Trinajstić information content (AvgIpc) is 2.27. The second-order valence-corrected chi connectivity index (χ2v) is 5.67. The standard InChI is InChI=1S/C14H21BrN2O2/c1-10(16-7-6-11(2)18)8-14(19)17-13-5-3-4-12(15)9-13/h3-5,9-11,16,18H,6-8H2,1-2H3,(H,17,19). The Morgan fingerprint density at radius 3 is 2.79 bits per heavy atom. The van der Waals surface area contributed by atoms with E-state index in [1.54, 1.807) is 6.92 Å². The third kappa shape index (κ3) is 7.30. The summed E-state index contributed by atoms with van der Waals surface area (Å²) >= 11 is 3.36. The third-order valence-corrected chi connectivity index (χ3v) is 3.15. The van der Waals surface area contributed by atoms with Crippen molar-refractivity contribution in [1.82, 2.24) is 5.32 Å². The molecule has 2 unspecified atom stereocenters. The number of benzene rings is 1. The number of hydrogen-bond acceptors (Lipinski definition) is 3. The van der Waals surface area contributed by atoms with E-state index in [1.165, 1.54) is 0 Å². The molecule has 0 aromatic heterocycles. The van der Waals surface area contributed by atoms with Gasteiger partial charge < -0.3 is 15.7 Å². The Bertz CT molecular complexity index is 410. The van der Waals surface area contributed by atoms with Crippen molar-refractivity contribution in [2.45, 2.75) is 38.8 Å². The number of hydrogen-bond donors (Lipinski definition) is 3. The number of nitrogens with one attached hydrogen (secondary N) is 2. The zero-order valence-electron chi connectivity index (χ0n) is 11.3. The van der Waals surface area contributed by atoms with Crippen LogP contribution in [-0.4, -0.2) is 29.7 Å². The van der Waals surface area contributed by atoms with Gasteiger partial charge in [0.05, 0.1) is 6.10 Å². The van der Waals surface area contributed by atoms with Crippen LogP contribution in [0, 0.1) is 0 Å². The maximum atomic E-state index is 11.8. The van der Waals surface area contributed by atoms with Gasteiger partial charge in [0.15, 0.2) is 0 Å². The van der Waals surface area contributed by atoms with Gasteiger partial charge >= 0.3 is 0 Å². The molecular weight excluding hydrogens is 308 g/mol. The van der Waals surface area contributed by atoms with Crippen molar-refractivity contribution >= 4 is 27.5 Å². The van der Waals surface area contributed by atoms with Crippen LogP contribution < -0.4 is 10.6 Å². The molecule has 106 valence electrons. The van der Waals surface area contributed by atoms with E-state index < -0.39 is 0 Å². The molecule has 4 nitrogen and oxygen atoms in total. The molecule has 1 amide bonds. The van der Waals surface area contributed by atoms with Crippen molar-refractivity contribution in [3.63, 3.8) is 0 Å². The van der Waals surface area contributed by atoms with Crippen LogP contribution in [-0.2, 0) is 4.79 Å². The number of aliphatic hydroxyl groups excluding tert-OH is 1. The van der Waals surface area contributed by atoms with Gasteiger partial charge in [-0.05, 0) is 45.0 Å². The van der Waals surface area contributed by atoms with Crippen LogP contribution in [0.25, 0.3) is 0 Å². The number of carbonyl (C=O) groups excluding carboxylic acids is 1. The van der Waals surface area contributed by atoms with Crippen molar-refractivity contribution in [2.75, 3.05) is 11.9 Å². The fourth-order valence-electron chi connectivity index (χ4n) is 1.67. The molecule has 0 bridgehead atoms. The summed E-state index contributed by atoms with van der Waals surface area (Å²) in [5.41, 5.74) is 0.788. The average molecular weight is 329 g/mol. The Balaban J connectivity index is 2.30. The summed E-state index contributed by atoms with van der Waals surface area (Å²) in [6.07, 6.45) is 0.791. The monoisotopic (exact) mass is 328 g/mol. The summed E-state index contributed by atoms with van der Waals surface area (Å²) in [7, 11) is 0. The van der Waals surface area contributed by atoms with Crippen LogP contribution in [0.15, 0.2) is 28.7 Å². The largest absolute Gasteiger partial charge is 0.393 e. The van der Waals surface area contributed by atoms with Crippen LogP contribution >= 0.6 is 15.9 Å². The first-order chi connectivity index (χ1) is 8.97. The number of aliphatic hydroxyl groups is 1. The van der Waals surface area contributed by atoms with Gasteiger partial charge in [0.2, 0.25) is 5.91 Å². The van der Waals surface area contributed by atoms with E-state index >= 15 is 0 Å². The fraction of sp³-hybridized carbons (Fsp3) is 0.500. The molecule has 0 aliphatic heterocycles. The topological polar surface area (TPSA) is 61.4 Å². The lowest BCUT2D eigenvalue weighted by atomic mass is 10.2. The molecule has 0 aliphatic rings. The first-order valence-electron chi connectivity index (χ1n) is 6.44. The van der Waals surface area contributed by atoms with Gasteiger partial charge in [-0.3, -0.25) is 4.79 Å². The smallest absolute Gasteiger partial charge is 0.225 e. The van der Waals surface area contributed by atoms with Crippen LogP contribution in [0.3, 0.4) is 0 Å². The Morgan fingerprint density at radius 1 is 1.42 bits per heavy atom. The van der Waals surface area contributed by atoms with Gasteiger partial charge in [0.1, 0.15) is 0 Å². The summed E-state index contributed by atoms with van der Waals surface area (Å²) < 4.78 is 0.938. The summed E-state index contributed by atoms with van der Waals surface area (Å²) in [5, 5.41) is 15.2. The molecule has 0 radical (unpaired) electrons. The Kier molecular flexibility index (Phi) is 7.05. The van der Waals surface area contributed by atoms with Gasteiger partial charge in [-0.2, -0.15) is 0 Å². The SMILES string of the molecule is CC(O)CCNC(C)CC(=O)Nc1cccc(Br)c1. The van der Waals surface area contributed by atoms with Gasteiger partial charge in [-0.1, -0.05) is 22.0 Å². The summed E-state index contributed by atoms with van der Waals surface area (Å²) in [4.78, 5) is 11.8. The van der Waals surface area contributed by atoms with Gasteiger partial charge in [0, 0.05) is 22.6 Å². The maximum Gasteiger partial charge on any atom is 0.225 e. The zero-order valence-corrected chi connectivity index (χ0v) is 12.9. The lowest BCUT2D eigenvalue weighted by Crippen LogP contribution is -2.32. The minimum atomic E-state index is -0.310.